The molecule has 1 aliphatic heterocycles. The fourth-order valence-electron chi connectivity index (χ4n) is 2.10. The molecule has 0 aliphatic carbocycles. The summed E-state index contributed by atoms with van der Waals surface area (Å²) in [5.41, 5.74) is 5.58. The summed E-state index contributed by atoms with van der Waals surface area (Å²) in [5.74, 6) is 1.59. The summed E-state index contributed by atoms with van der Waals surface area (Å²) in [4.78, 5) is 17.8. The Balaban J connectivity index is 1.87. The topological polar surface area (TPSA) is 64.2 Å². The van der Waals surface area contributed by atoms with Gasteiger partial charge in [0, 0.05) is 45.4 Å². The van der Waals surface area contributed by atoms with Crippen molar-refractivity contribution in [2.24, 2.45) is 18.7 Å². The number of hydrogen-bond donors (Lipinski definition) is 1. The van der Waals surface area contributed by atoms with Gasteiger partial charge in [-0.3, -0.25) is 4.79 Å². The Morgan fingerprint density at radius 1 is 1.62 bits per heavy atom. The van der Waals surface area contributed by atoms with Crippen molar-refractivity contribution < 1.29 is 4.79 Å². The minimum atomic E-state index is 0.227. The third-order valence-corrected chi connectivity index (χ3v) is 3.15. The lowest BCUT2D eigenvalue weighted by Crippen LogP contribution is -2.29. The second kappa shape index (κ2) is 4.65. The van der Waals surface area contributed by atoms with Gasteiger partial charge >= 0.3 is 0 Å². The lowest BCUT2D eigenvalue weighted by Gasteiger charge is -2.15. The molecule has 1 saturated heterocycles. The van der Waals surface area contributed by atoms with Crippen LogP contribution < -0.4 is 5.73 Å². The maximum Gasteiger partial charge on any atom is 0.222 e. The molecule has 1 fully saturated rings. The summed E-state index contributed by atoms with van der Waals surface area (Å²) in [6.45, 7) is 2.16. The smallest absolute Gasteiger partial charge is 0.222 e. The third-order valence-electron chi connectivity index (χ3n) is 3.15. The quantitative estimate of drug-likeness (QED) is 0.765. The van der Waals surface area contributed by atoms with Crippen LogP contribution >= 0.6 is 0 Å². The SMILES string of the molecule is Cn1ccnc1CCN1CC(CN)CC1=O. The number of amides is 1. The van der Waals surface area contributed by atoms with E-state index in [9.17, 15) is 4.79 Å². The highest BCUT2D eigenvalue weighted by Crippen LogP contribution is 2.16. The molecule has 1 unspecified atom stereocenters. The van der Waals surface area contributed by atoms with E-state index in [-0.39, 0.29) is 5.91 Å². The monoisotopic (exact) mass is 222 g/mol. The van der Waals surface area contributed by atoms with Gasteiger partial charge in [-0.2, -0.15) is 0 Å². The molecule has 0 aromatic carbocycles. The van der Waals surface area contributed by atoms with Gasteiger partial charge in [-0.05, 0) is 12.5 Å². The Hall–Kier alpha value is -1.36. The number of rotatable bonds is 4. The summed E-state index contributed by atoms with van der Waals surface area (Å²) in [7, 11) is 1.97. The Bertz CT molecular complexity index is 374. The average Bonchev–Trinajstić information content (AvgIpc) is 2.82. The zero-order valence-corrected chi connectivity index (χ0v) is 9.59. The van der Waals surface area contributed by atoms with Crippen molar-refractivity contribution in [3.8, 4) is 0 Å². The first-order chi connectivity index (χ1) is 7.70. The predicted octanol–water partition coefficient (Wildman–Crippen LogP) is -0.230. The Labute approximate surface area is 95.2 Å². The van der Waals surface area contributed by atoms with Gasteiger partial charge in [0.1, 0.15) is 5.82 Å². The van der Waals surface area contributed by atoms with E-state index >= 15 is 0 Å². The van der Waals surface area contributed by atoms with Crippen LogP contribution in [0.25, 0.3) is 0 Å². The van der Waals surface area contributed by atoms with Crippen LogP contribution in [0.4, 0.5) is 0 Å². The molecule has 16 heavy (non-hydrogen) atoms. The molecule has 5 nitrogen and oxygen atoms in total. The lowest BCUT2D eigenvalue weighted by molar-refractivity contribution is -0.127. The standard InChI is InChI=1S/C11H18N4O/c1-14-5-3-13-10(14)2-4-15-8-9(7-12)6-11(15)16/h3,5,9H,2,4,6-8,12H2,1H3. The first-order valence-electron chi connectivity index (χ1n) is 5.64. The van der Waals surface area contributed by atoms with Crippen molar-refractivity contribution in [2.45, 2.75) is 12.8 Å². The molecule has 2 rings (SSSR count). The normalized spacial score (nSPS) is 20.8. The van der Waals surface area contributed by atoms with Crippen molar-refractivity contribution in [3.05, 3.63) is 18.2 Å². The van der Waals surface area contributed by atoms with Gasteiger partial charge in [0.05, 0.1) is 0 Å². The molecule has 0 saturated carbocycles. The lowest BCUT2D eigenvalue weighted by atomic mass is 10.1. The number of hydrogen-bond acceptors (Lipinski definition) is 3. The number of nitrogens with zero attached hydrogens (tertiary/aromatic N) is 3. The number of carbonyl (C=O) groups is 1. The summed E-state index contributed by atoms with van der Waals surface area (Å²) >= 11 is 0. The van der Waals surface area contributed by atoms with E-state index in [0.29, 0.717) is 18.9 Å². The molecule has 88 valence electrons. The number of likely N-dealkylation sites (tertiary alicyclic amines) is 1. The maximum atomic E-state index is 11.6. The zero-order chi connectivity index (χ0) is 11.5. The van der Waals surface area contributed by atoms with Crippen LogP contribution in [0.5, 0.6) is 0 Å². The Kier molecular flexibility index (Phi) is 3.24. The fraction of sp³-hybridized carbons (Fsp3) is 0.636. The summed E-state index contributed by atoms with van der Waals surface area (Å²) < 4.78 is 1.99. The molecule has 1 atom stereocenters. The minimum Gasteiger partial charge on any atom is -0.342 e. The largest absolute Gasteiger partial charge is 0.342 e. The molecular formula is C11H18N4O. The van der Waals surface area contributed by atoms with Crippen molar-refractivity contribution in [1.29, 1.82) is 0 Å². The minimum absolute atomic E-state index is 0.227. The first kappa shape index (κ1) is 11.1. The molecule has 0 radical (unpaired) electrons. The second-order valence-electron chi connectivity index (χ2n) is 4.35. The second-order valence-corrected chi connectivity index (χ2v) is 4.35. The van der Waals surface area contributed by atoms with Gasteiger partial charge in [-0.15, -0.1) is 0 Å². The van der Waals surface area contributed by atoms with Crippen molar-refractivity contribution in [1.82, 2.24) is 14.5 Å². The van der Waals surface area contributed by atoms with E-state index in [1.54, 1.807) is 6.20 Å². The summed E-state index contributed by atoms with van der Waals surface area (Å²) in [6, 6.07) is 0. The number of carbonyl (C=O) groups excluding carboxylic acids is 1. The summed E-state index contributed by atoms with van der Waals surface area (Å²) in [6.07, 6.45) is 5.12. The fourth-order valence-corrected chi connectivity index (χ4v) is 2.10. The van der Waals surface area contributed by atoms with Gasteiger partial charge in [0.15, 0.2) is 0 Å². The number of aromatic nitrogens is 2. The van der Waals surface area contributed by atoms with Crippen LogP contribution in [0.3, 0.4) is 0 Å². The molecule has 0 bridgehead atoms. The Morgan fingerprint density at radius 2 is 2.44 bits per heavy atom. The molecule has 1 amide bonds. The van der Waals surface area contributed by atoms with E-state index in [1.165, 1.54) is 0 Å². The van der Waals surface area contributed by atoms with E-state index in [0.717, 1.165) is 25.3 Å². The maximum absolute atomic E-state index is 11.6. The summed E-state index contributed by atoms with van der Waals surface area (Å²) in [5, 5.41) is 0. The zero-order valence-electron chi connectivity index (χ0n) is 9.59. The van der Waals surface area contributed by atoms with Crippen LogP contribution in [0, 0.1) is 5.92 Å². The number of nitrogens with two attached hydrogens (primary N) is 1. The highest BCUT2D eigenvalue weighted by Gasteiger charge is 2.28. The van der Waals surface area contributed by atoms with Gasteiger partial charge in [-0.25, -0.2) is 4.98 Å². The highest BCUT2D eigenvalue weighted by molar-refractivity contribution is 5.78. The van der Waals surface area contributed by atoms with Gasteiger partial charge < -0.3 is 15.2 Å². The molecular weight excluding hydrogens is 204 g/mol. The molecule has 2 heterocycles. The molecule has 0 spiro atoms. The van der Waals surface area contributed by atoms with E-state index in [2.05, 4.69) is 4.98 Å². The van der Waals surface area contributed by atoms with Crippen LogP contribution in [-0.2, 0) is 18.3 Å². The molecule has 5 heteroatoms. The van der Waals surface area contributed by atoms with E-state index in [1.807, 2.05) is 22.7 Å². The van der Waals surface area contributed by atoms with Crippen LogP contribution in [-0.4, -0.2) is 40.0 Å². The third kappa shape index (κ3) is 2.24. The molecule has 2 N–H and O–H groups in total. The van der Waals surface area contributed by atoms with Crippen LogP contribution in [0.2, 0.25) is 0 Å². The average molecular weight is 222 g/mol. The number of imidazole rings is 1. The number of aryl methyl sites for hydroxylation is 1. The molecule has 1 aromatic rings. The molecule has 1 aliphatic rings. The van der Waals surface area contributed by atoms with Gasteiger partial charge in [0.2, 0.25) is 5.91 Å². The van der Waals surface area contributed by atoms with Crippen molar-refractivity contribution in [2.75, 3.05) is 19.6 Å². The van der Waals surface area contributed by atoms with E-state index < -0.39 is 0 Å². The Morgan fingerprint density at radius 3 is 3.00 bits per heavy atom. The van der Waals surface area contributed by atoms with Crippen molar-refractivity contribution in [3.63, 3.8) is 0 Å². The van der Waals surface area contributed by atoms with Crippen LogP contribution in [0.15, 0.2) is 12.4 Å². The van der Waals surface area contributed by atoms with Gasteiger partial charge in [0.25, 0.3) is 0 Å². The predicted molar refractivity (Wildman–Crippen MR) is 60.7 cm³/mol. The highest BCUT2D eigenvalue weighted by atomic mass is 16.2. The molecule has 1 aromatic heterocycles. The van der Waals surface area contributed by atoms with Crippen molar-refractivity contribution >= 4 is 5.91 Å². The van der Waals surface area contributed by atoms with Crippen LogP contribution in [0.1, 0.15) is 12.2 Å². The van der Waals surface area contributed by atoms with Gasteiger partial charge in [-0.1, -0.05) is 0 Å². The first-order valence-corrected chi connectivity index (χ1v) is 5.64. The van der Waals surface area contributed by atoms with E-state index in [4.69, 9.17) is 5.73 Å².